The third-order valence-corrected chi connectivity index (χ3v) is 6.16. The summed E-state index contributed by atoms with van der Waals surface area (Å²) in [5.74, 6) is -0.144. The van der Waals surface area contributed by atoms with E-state index >= 15 is 0 Å². The third-order valence-electron chi connectivity index (χ3n) is 6.16. The fraction of sp³-hybridized carbons (Fsp3) is 0.654. The maximum atomic E-state index is 11.5. The van der Waals surface area contributed by atoms with Crippen LogP contribution in [0.4, 0.5) is 0 Å². The molecule has 0 aliphatic heterocycles. The molecule has 3 unspecified atom stereocenters. The van der Waals surface area contributed by atoms with Crippen LogP contribution in [-0.2, 0) is 16.0 Å². The Labute approximate surface area is 187 Å². The Kier molecular flexibility index (Phi) is 11.3. The number of ether oxygens (including phenoxy) is 1. The van der Waals surface area contributed by atoms with Crippen LogP contribution in [0.1, 0.15) is 70.8 Å². The van der Waals surface area contributed by atoms with E-state index < -0.39 is 18.3 Å². The highest BCUT2D eigenvalue weighted by molar-refractivity contribution is 5.69. The normalized spacial score (nSPS) is 24.7. The second kappa shape index (κ2) is 13.7. The summed E-state index contributed by atoms with van der Waals surface area (Å²) in [4.78, 5) is 11.5. The Morgan fingerprint density at radius 1 is 1.10 bits per heavy atom. The summed E-state index contributed by atoms with van der Waals surface area (Å²) in [6.45, 7) is 3.69. The van der Waals surface area contributed by atoms with Gasteiger partial charge >= 0.3 is 5.97 Å². The van der Waals surface area contributed by atoms with Crippen LogP contribution in [0.25, 0.3) is 0 Å². The van der Waals surface area contributed by atoms with Crippen molar-refractivity contribution in [3.8, 4) is 0 Å². The van der Waals surface area contributed by atoms with Gasteiger partial charge in [-0.15, -0.1) is 0 Å². The smallest absolute Gasteiger partial charge is 0.306 e. The van der Waals surface area contributed by atoms with E-state index in [1.807, 2.05) is 38.1 Å². The van der Waals surface area contributed by atoms with E-state index in [1.54, 1.807) is 0 Å². The van der Waals surface area contributed by atoms with Crippen molar-refractivity contribution in [2.45, 2.75) is 96.1 Å². The van der Waals surface area contributed by atoms with Gasteiger partial charge in [-0.1, -0.05) is 42.5 Å². The van der Waals surface area contributed by atoms with Crippen LogP contribution in [0.15, 0.2) is 42.5 Å². The number of aliphatic hydroxyl groups is 3. The minimum Gasteiger partial charge on any atom is -0.463 e. The van der Waals surface area contributed by atoms with Crippen molar-refractivity contribution < 1.29 is 24.9 Å². The highest BCUT2D eigenvalue weighted by atomic mass is 16.5. The van der Waals surface area contributed by atoms with Gasteiger partial charge in [-0.05, 0) is 82.6 Å². The molecule has 1 saturated carbocycles. The average Bonchev–Trinajstić information content (AvgIpc) is 3.00. The minimum atomic E-state index is -0.513. The van der Waals surface area contributed by atoms with Gasteiger partial charge in [-0.25, -0.2) is 0 Å². The fourth-order valence-corrected chi connectivity index (χ4v) is 4.47. The molecule has 5 nitrogen and oxygen atoms in total. The summed E-state index contributed by atoms with van der Waals surface area (Å²) in [5.41, 5.74) is 1.22. The molecule has 1 aliphatic carbocycles. The van der Waals surface area contributed by atoms with Crippen molar-refractivity contribution in [3.63, 3.8) is 0 Å². The number of carbonyl (C=O) groups is 1. The maximum Gasteiger partial charge on any atom is 0.306 e. The van der Waals surface area contributed by atoms with Crippen molar-refractivity contribution in [1.82, 2.24) is 0 Å². The summed E-state index contributed by atoms with van der Waals surface area (Å²) < 4.78 is 5.12. The molecule has 5 atom stereocenters. The van der Waals surface area contributed by atoms with E-state index in [0.29, 0.717) is 38.5 Å². The lowest BCUT2D eigenvalue weighted by molar-refractivity contribution is -0.147. The summed E-state index contributed by atoms with van der Waals surface area (Å²) in [7, 11) is 0. The van der Waals surface area contributed by atoms with Crippen LogP contribution >= 0.6 is 0 Å². The Bertz CT molecular complexity index is 657. The van der Waals surface area contributed by atoms with E-state index in [-0.39, 0.29) is 23.9 Å². The predicted octanol–water partition coefficient (Wildman–Crippen LogP) is 4.19. The Morgan fingerprint density at radius 3 is 2.52 bits per heavy atom. The molecule has 1 aromatic carbocycles. The quantitative estimate of drug-likeness (QED) is 0.247. The van der Waals surface area contributed by atoms with E-state index in [0.717, 1.165) is 19.3 Å². The van der Waals surface area contributed by atoms with Crippen LogP contribution in [0.5, 0.6) is 0 Å². The molecule has 0 amide bonds. The summed E-state index contributed by atoms with van der Waals surface area (Å²) in [6, 6.07) is 10.1. The first-order valence-electron chi connectivity index (χ1n) is 11.8. The van der Waals surface area contributed by atoms with Crippen LogP contribution < -0.4 is 0 Å². The molecule has 1 aromatic rings. The summed E-state index contributed by atoms with van der Waals surface area (Å²) in [6.07, 6.45) is 8.58. The average molecular weight is 433 g/mol. The predicted molar refractivity (Wildman–Crippen MR) is 122 cm³/mol. The molecular formula is C26H40O5. The highest BCUT2D eigenvalue weighted by Gasteiger charge is 2.40. The van der Waals surface area contributed by atoms with Gasteiger partial charge in [0.05, 0.1) is 24.4 Å². The molecule has 2 rings (SSSR count). The number of rotatable bonds is 13. The van der Waals surface area contributed by atoms with Crippen molar-refractivity contribution in [1.29, 1.82) is 0 Å². The Hall–Kier alpha value is -1.69. The molecule has 0 radical (unpaired) electrons. The second-order valence-electron chi connectivity index (χ2n) is 9.09. The summed E-state index contributed by atoms with van der Waals surface area (Å²) >= 11 is 0. The van der Waals surface area contributed by atoms with Crippen molar-refractivity contribution in [2.24, 2.45) is 11.8 Å². The number of benzene rings is 1. The minimum absolute atomic E-state index is 0.00652. The first kappa shape index (κ1) is 25.6. The largest absolute Gasteiger partial charge is 0.463 e. The van der Waals surface area contributed by atoms with Crippen LogP contribution in [0.3, 0.4) is 0 Å². The van der Waals surface area contributed by atoms with Crippen molar-refractivity contribution >= 4 is 5.97 Å². The first-order chi connectivity index (χ1) is 14.9. The van der Waals surface area contributed by atoms with E-state index in [1.165, 1.54) is 5.56 Å². The van der Waals surface area contributed by atoms with Gasteiger partial charge in [-0.3, -0.25) is 4.79 Å². The number of esters is 1. The number of allylic oxidation sites excluding steroid dienone is 2. The van der Waals surface area contributed by atoms with Gasteiger partial charge < -0.3 is 20.1 Å². The highest BCUT2D eigenvalue weighted by Crippen LogP contribution is 2.38. The van der Waals surface area contributed by atoms with E-state index in [2.05, 4.69) is 18.2 Å². The van der Waals surface area contributed by atoms with Crippen LogP contribution in [0, 0.1) is 11.8 Å². The number of carbonyl (C=O) groups excluding carboxylic acids is 1. The van der Waals surface area contributed by atoms with Crippen LogP contribution in [-0.4, -0.2) is 45.7 Å². The van der Waals surface area contributed by atoms with Gasteiger partial charge in [0, 0.05) is 6.42 Å². The summed E-state index contributed by atoms with van der Waals surface area (Å²) in [5, 5.41) is 31.2. The van der Waals surface area contributed by atoms with Gasteiger partial charge in [0.25, 0.3) is 0 Å². The second-order valence-corrected chi connectivity index (χ2v) is 9.09. The number of hydrogen-bond donors (Lipinski definition) is 3. The molecule has 174 valence electrons. The zero-order valence-electron chi connectivity index (χ0n) is 19.0. The lowest BCUT2D eigenvalue weighted by atomic mass is 9.85. The van der Waals surface area contributed by atoms with E-state index in [4.69, 9.17) is 4.74 Å². The number of hydrogen-bond acceptors (Lipinski definition) is 5. The molecule has 5 heteroatoms. The molecule has 3 N–H and O–H groups in total. The van der Waals surface area contributed by atoms with E-state index in [9.17, 15) is 20.1 Å². The van der Waals surface area contributed by atoms with Gasteiger partial charge in [-0.2, -0.15) is 0 Å². The Morgan fingerprint density at radius 2 is 1.81 bits per heavy atom. The monoisotopic (exact) mass is 432 g/mol. The van der Waals surface area contributed by atoms with Crippen LogP contribution in [0.2, 0.25) is 0 Å². The van der Waals surface area contributed by atoms with Gasteiger partial charge in [0.1, 0.15) is 0 Å². The Balaban J connectivity index is 1.70. The number of aliphatic hydroxyl groups excluding tert-OH is 3. The third kappa shape index (κ3) is 9.55. The SMILES string of the molecule is CC(C)OC(=O)CCCC=CC[C@H]1C(O)CC(O)[C@@H]1CCC(O)CCc1ccccc1. The topological polar surface area (TPSA) is 87.0 Å². The number of aryl methyl sites for hydroxylation is 1. The van der Waals surface area contributed by atoms with Crippen molar-refractivity contribution in [2.75, 3.05) is 0 Å². The first-order valence-corrected chi connectivity index (χ1v) is 11.8. The molecule has 0 aromatic heterocycles. The number of unbranched alkanes of at least 4 members (excludes halogenated alkanes) is 1. The fourth-order valence-electron chi connectivity index (χ4n) is 4.47. The van der Waals surface area contributed by atoms with Crippen molar-refractivity contribution in [3.05, 3.63) is 48.0 Å². The zero-order valence-corrected chi connectivity index (χ0v) is 19.0. The lowest BCUT2D eigenvalue weighted by Crippen LogP contribution is -2.23. The standard InChI is InChI=1S/C26H40O5/c1-19(2)31-26(30)13-9-4-3-8-12-22-23(25(29)18-24(22)28)17-16-21(27)15-14-20-10-6-5-7-11-20/h3,5-8,10-11,19,21-25,27-29H,4,9,12-18H2,1-2H3/t21?,22-,23-,24?,25?/m1/s1. The molecule has 0 saturated heterocycles. The van der Waals surface area contributed by atoms with Gasteiger partial charge in [0.15, 0.2) is 0 Å². The molecule has 0 heterocycles. The zero-order chi connectivity index (χ0) is 22.6. The molecule has 1 fully saturated rings. The molecule has 1 aliphatic rings. The molecular weight excluding hydrogens is 392 g/mol. The lowest BCUT2D eigenvalue weighted by Gasteiger charge is -2.23. The maximum absolute atomic E-state index is 11.5. The molecule has 31 heavy (non-hydrogen) atoms. The molecule has 0 spiro atoms. The van der Waals surface area contributed by atoms with Gasteiger partial charge in [0.2, 0.25) is 0 Å². The molecule has 0 bridgehead atoms.